The molecular formula is C30H34N6O6. The van der Waals surface area contributed by atoms with Gasteiger partial charge < -0.3 is 21.1 Å². The summed E-state index contributed by atoms with van der Waals surface area (Å²) in [4.78, 5) is 54.9. The average Bonchev–Trinajstić information content (AvgIpc) is 2.97. The van der Waals surface area contributed by atoms with E-state index in [9.17, 15) is 24.5 Å². The minimum Gasteiger partial charge on any atom is -0.469 e. The Balaban J connectivity index is 1.96. The smallest absolute Gasteiger partial charge is 0.309 e. The van der Waals surface area contributed by atoms with E-state index in [1.165, 1.54) is 12.0 Å². The van der Waals surface area contributed by atoms with Gasteiger partial charge in [-0.2, -0.15) is 0 Å². The zero-order valence-electron chi connectivity index (χ0n) is 23.2. The van der Waals surface area contributed by atoms with E-state index < -0.39 is 22.9 Å². The van der Waals surface area contributed by atoms with E-state index in [0.29, 0.717) is 0 Å². The molecule has 0 radical (unpaired) electrons. The van der Waals surface area contributed by atoms with E-state index in [1.54, 1.807) is 29.7 Å². The van der Waals surface area contributed by atoms with E-state index in [0.717, 1.165) is 22.3 Å². The van der Waals surface area contributed by atoms with Crippen molar-refractivity contribution >= 4 is 23.7 Å². The highest BCUT2D eigenvalue weighted by atomic mass is 16.7. The number of methoxy groups -OCH3 is 1. The highest BCUT2D eigenvalue weighted by Gasteiger charge is 2.34. The molecule has 12 nitrogen and oxygen atoms in total. The largest absolute Gasteiger partial charge is 0.469 e. The van der Waals surface area contributed by atoms with Gasteiger partial charge >= 0.3 is 5.97 Å². The van der Waals surface area contributed by atoms with Crippen LogP contribution in [-0.2, 0) is 32.1 Å². The Kier molecular flexibility index (Phi) is 11.5. The van der Waals surface area contributed by atoms with Crippen LogP contribution in [0.4, 0.5) is 0 Å². The van der Waals surface area contributed by atoms with Crippen LogP contribution in [-0.4, -0.2) is 53.4 Å². The summed E-state index contributed by atoms with van der Waals surface area (Å²) >= 11 is 0. The summed E-state index contributed by atoms with van der Waals surface area (Å²) in [6.07, 6.45) is 0.520. The molecule has 0 spiro atoms. The molecule has 0 aliphatic rings. The highest BCUT2D eigenvalue weighted by Crippen LogP contribution is 2.29. The van der Waals surface area contributed by atoms with Gasteiger partial charge in [0.2, 0.25) is 11.8 Å². The van der Waals surface area contributed by atoms with Crippen LogP contribution < -0.4 is 16.9 Å². The monoisotopic (exact) mass is 574 g/mol. The molecule has 2 amide bonds. The minimum absolute atomic E-state index is 0.0649. The minimum atomic E-state index is -1.01. The molecule has 3 aromatic carbocycles. The van der Waals surface area contributed by atoms with Crippen molar-refractivity contribution in [2.24, 2.45) is 16.5 Å². The third-order valence-electron chi connectivity index (χ3n) is 6.58. The number of benzene rings is 3. The van der Waals surface area contributed by atoms with Crippen molar-refractivity contribution in [3.8, 4) is 0 Å². The molecule has 1 atom stereocenters. The van der Waals surface area contributed by atoms with Gasteiger partial charge in [-0.15, -0.1) is 0 Å². The van der Waals surface area contributed by atoms with Crippen molar-refractivity contribution in [1.82, 2.24) is 10.3 Å². The summed E-state index contributed by atoms with van der Waals surface area (Å²) < 4.78 is 4.73. The van der Waals surface area contributed by atoms with Gasteiger partial charge in [0.1, 0.15) is 6.04 Å². The van der Waals surface area contributed by atoms with E-state index in [2.05, 4.69) is 4.99 Å². The number of aliphatic imine (C=N–C) groups is 1. The summed E-state index contributed by atoms with van der Waals surface area (Å²) in [5.41, 5.74) is 16.1. The molecule has 220 valence electrons. The predicted molar refractivity (Wildman–Crippen MR) is 156 cm³/mol. The Morgan fingerprint density at radius 1 is 0.929 bits per heavy atom. The number of rotatable bonds is 14. The van der Waals surface area contributed by atoms with Crippen molar-refractivity contribution in [3.05, 3.63) is 117 Å². The van der Waals surface area contributed by atoms with Gasteiger partial charge in [-0.05, 0) is 35.1 Å². The number of ether oxygens (including phenoxy) is 1. The summed E-state index contributed by atoms with van der Waals surface area (Å²) in [6.45, 7) is 0.136. The summed E-state index contributed by atoms with van der Waals surface area (Å²) in [7, 11) is 1.32. The Morgan fingerprint density at radius 3 is 1.98 bits per heavy atom. The number of hydrazine groups is 1. The molecule has 12 heteroatoms. The van der Waals surface area contributed by atoms with Gasteiger partial charge in [0, 0.05) is 13.1 Å². The van der Waals surface area contributed by atoms with Crippen molar-refractivity contribution < 1.29 is 24.2 Å². The molecule has 0 aliphatic heterocycles. The first-order valence-corrected chi connectivity index (χ1v) is 13.2. The number of hydrogen-bond donors (Lipinski definition) is 3. The molecule has 3 rings (SSSR count). The molecule has 0 saturated carbocycles. The number of carbonyl (C=O) groups excluding carboxylic acids is 3. The lowest BCUT2D eigenvalue weighted by Gasteiger charge is -2.33. The zero-order valence-corrected chi connectivity index (χ0v) is 23.2. The standard InChI is InChI=1S/C30H34N6O6/c1-42-26(37)19-21-14-16-22(17-15-21)20-35(25(28(31)38)13-8-18-33-30(32)34-36(40)41)29(39)27(23-9-4-2-5-10-23)24-11-6-3-7-12-24/h2-7,9-12,14-17,25,27H,8,13,18-20H2,1H3,(H2,31,38)(H3,32,33,34)/t25-/m1/s1. The van der Waals surface area contributed by atoms with E-state index >= 15 is 0 Å². The maximum absolute atomic E-state index is 14.4. The van der Waals surface area contributed by atoms with Gasteiger partial charge in [-0.3, -0.25) is 14.4 Å². The van der Waals surface area contributed by atoms with Gasteiger partial charge in [0.15, 0.2) is 5.03 Å². The molecule has 0 heterocycles. The lowest BCUT2D eigenvalue weighted by molar-refractivity contribution is -0.525. The molecule has 0 unspecified atom stereocenters. The first-order chi connectivity index (χ1) is 20.2. The number of amides is 2. The number of hydrogen-bond acceptors (Lipinski definition) is 7. The molecule has 0 aliphatic carbocycles. The van der Waals surface area contributed by atoms with Crippen LogP contribution in [0.25, 0.3) is 0 Å². The molecule has 0 bridgehead atoms. The van der Waals surface area contributed by atoms with E-state index in [1.807, 2.05) is 60.7 Å². The van der Waals surface area contributed by atoms with Gasteiger partial charge in [-0.25, -0.2) is 15.1 Å². The molecule has 5 N–H and O–H groups in total. The van der Waals surface area contributed by atoms with Gasteiger partial charge in [-0.1, -0.05) is 90.4 Å². The third kappa shape index (κ3) is 9.15. The second-order valence-corrected chi connectivity index (χ2v) is 9.49. The molecule has 3 aromatic rings. The number of nitrogens with one attached hydrogen (secondary N) is 1. The van der Waals surface area contributed by atoms with Crippen LogP contribution in [0.1, 0.15) is 41.0 Å². The molecule has 0 saturated heterocycles. The normalized spacial score (nSPS) is 11.9. The highest BCUT2D eigenvalue weighted by molar-refractivity contribution is 5.92. The maximum atomic E-state index is 14.4. The van der Waals surface area contributed by atoms with Crippen LogP contribution >= 0.6 is 0 Å². The lowest BCUT2D eigenvalue weighted by atomic mass is 9.89. The number of carbonyl (C=O) groups is 3. The summed E-state index contributed by atoms with van der Waals surface area (Å²) in [6, 6.07) is 24.6. The number of nitrogens with zero attached hydrogens (tertiary/aromatic N) is 3. The molecule has 0 fully saturated rings. The van der Waals surface area contributed by atoms with Crippen molar-refractivity contribution in [3.63, 3.8) is 0 Å². The fourth-order valence-electron chi connectivity index (χ4n) is 4.54. The van der Waals surface area contributed by atoms with Crippen molar-refractivity contribution in [1.29, 1.82) is 0 Å². The number of nitro groups is 1. The van der Waals surface area contributed by atoms with Crippen LogP contribution in [0.5, 0.6) is 0 Å². The Morgan fingerprint density at radius 2 is 1.48 bits per heavy atom. The predicted octanol–water partition coefficient (Wildman–Crippen LogP) is 2.29. The number of guanidine groups is 1. The first-order valence-electron chi connectivity index (χ1n) is 13.2. The fourth-order valence-corrected chi connectivity index (χ4v) is 4.54. The molecule has 42 heavy (non-hydrogen) atoms. The third-order valence-corrected chi connectivity index (χ3v) is 6.58. The van der Waals surface area contributed by atoms with Crippen LogP contribution in [0.3, 0.4) is 0 Å². The molecule has 0 aromatic heterocycles. The number of primary amides is 1. The lowest BCUT2D eigenvalue weighted by Crippen LogP contribution is -2.49. The summed E-state index contributed by atoms with van der Waals surface area (Å²) in [5, 5.41) is 9.75. The van der Waals surface area contributed by atoms with Crippen molar-refractivity contribution in [2.75, 3.05) is 13.7 Å². The Hall–Kier alpha value is -5.26. The van der Waals surface area contributed by atoms with Gasteiger partial charge in [0.25, 0.3) is 5.96 Å². The van der Waals surface area contributed by atoms with E-state index in [-0.39, 0.29) is 50.2 Å². The number of nitrogens with two attached hydrogens (primary N) is 2. The second-order valence-electron chi connectivity index (χ2n) is 9.49. The first kappa shape index (κ1) is 31.3. The Bertz CT molecular complexity index is 1340. The summed E-state index contributed by atoms with van der Waals surface area (Å²) in [5.74, 6) is -2.49. The van der Waals surface area contributed by atoms with Gasteiger partial charge in [0.05, 0.1) is 19.4 Å². The molecular weight excluding hydrogens is 540 g/mol. The Labute approximate surface area is 243 Å². The van der Waals surface area contributed by atoms with Crippen LogP contribution in [0, 0.1) is 10.1 Å². The van der Waals surface area contributed by atoms with Crippen LogP contribution in [0.15, 0.2) is 89.9 Å². The SMILES string of the molecule is COC(=O)Cc1ccc(CN(C(=O)C(c2ccccc2)c2ccccc2)[C@H](CCCN=C(N)N[N+](=O)[O-])C(N)=O)cc1. The maximum Gasteiger partial charge on any atom is 0.309 e. The number of esters is 1. The van der Waals surface area contributed by atoms with Crippen molar-refractivity contribution in [2.45, 2.75) is 37.8 Å². The van der Waals surface area contributed by atoms with Crippen LogP contribution in [0.2, 0.25) is 0 Å². The quantitative estimate of drug-likeness (QED) is 0.0654. The van der Waals surface area contributed by atoms with E-state index in [4.69, 9.17) is 16.2 Å². The zero-order chi connectivity index (χ0) is 30.5. The second kappa shape index (κ2) is 15.5. The fraction of sp³-hybridized carbons (Fsp3) is 0.267. The topological polar surface area (TPSA) is 183 Å². The average molecular weight is 575 g/mol.